The van der Waals surface area contributed by atoms with E-state index in [0.29, 0.717) is 76.0 Å². The quantitative estimate of drug-likeness (QED) is 0.0105. The first kappa shape index (κ1) is 89.9. The van der Waals surface area contributed by atoms with E-state index in [1.165, 1.54) is 18.2 Å². The second kappa shape index (κ2) is 44.7. The van der Waals surface area contributed by atoms with Crippen molar-refractivity contribution in [2.45, 2.75) is 191 Å². The van der Waals surface area contributed by atoms with Crippen molar-refractivity contribution in [3.63, 3.8) is 0 Å². The lowest BCUT2D eigenvalue weighted by atomic mass is 9.90. The van der Waals surface area contributed by atoms with Crippen LogP contribution in [-0.4, -0.2) is 234 Å². The van der Waals surface area contributed by atoms with E-state index in [4.69, 9.17) is 10.3 Å². The maximum Gasteiger partial charge on any atom is 0.326 e. The van der Waals surface area contributed by atoms with Crippen molar-refractivity contribution in [2.24, 2.45) is 5.11 Å². The Morgan fingerprint density at radius 2 is 1.35 bits per heavy atom. The number of nitrogens with zero attached hydrogens (tertiary/aromatic N) is 7. The summed E-state index contributed by atoms with van der Waals surface area (Å²) in [6, 6.07) is 10.3. The highest BCUT2D eigenvalue weighted by Gasteiger charge is 2.43. The number of carbonyl (C=O) groups excluding carboxylic acids is 11. The van der Waals surface area contributed by atoms with Crippen molar-refractivity contribution >= 4 is 76.9 Å². The first-order valence-electron chi connectivity index (χ1n) is 36.9. The second-order valence-corrected chi connectivity index (χ2v) is 27.6. The number of hydrogen-bond donors (Lipinski definition) is 16. The Kier molecular flexibility index (Phi) is 35.6. The number of amides is 11. The number of H-pyrrole nitrogens is 1. The summed E-state index contributed by atoms with van der Waals surface area (Å²) in [4.78, 5) is 180. The minimum Gasteiger partial charge on any atom is -0.494 e. The molecule has 610 valence electrons. The molecule has 6 rings (SSSR count). The molecule has 0 saturated carbocycles. The fraction of sp³-hybridized carbons (Fsp3) is 0.493. The van der Waals surface area contributed by atoms with E-state index in [2.05, 4.69) is 83.8 Å². The third-order valence-electron chi connectivity index (χ3n) is 18.3. The van der Waals surface area contributed by atoms with Crippen LogP contribution >= 0.6 is 0 Å². The molecule has 0 radical (unpaired) electrons. The molecule has 16 N–H and O–H groups in total. The Balaban J connectivity index is 1.15. The number of benzene rings is 4. The predicted molar refractivity (Wildman–Crippen MR) is 402 cm³/mol. The smallest absolute Gasteiger partial charge is 0.326 e. The number of aryl methyl sites for hydroxylation is 4. The normalized spacial score (nSPS) is 14.7. The van der Waals surface area contributed by atoms with Gasteiger partial charge in [0.05, 0.1) is 38.4 Å². The number of aliphatic carboxylic acids is 2. The Bertz CT molecular complexity index is 4180. The molecule has 2 heterocycles. The fourth-order valence-corrected chi connectivity index (χ4v) is 12.3. The third kappa shape index (κ3) is 29.3. The molecule has 1 fully saturated rings. The highest BCUT2D eigenvalue weighted by Crippen LogP contribution is 2.29. The van der Waals surface area contributed by atoms with Crippen LogP contribution in [0.25, 0.3) is 21.6 Å². The maximum atomic E-state index is 15.5. The minimum atomic E-state index is -2.41. The monoisotopic (exact) mass is 1570 g/mol. The number of carboxylic acids is 2. The van der Waals surface area contributed by atoms with Crippen LogP contribution in [0.1, 0.15) is 125 Å². The average Bonchev–Trinajstić information content (AvgIpc) is 1.06. The van der Waals surface area contributed by atoms with Crippen LogP contribution in [0.4, 0.5) is 4.39 Å². The van der Waals surface area contributed by atoms with Gasteiger partial charge in [0.2, 0.25) is 65.0 Å². The largest absolute Gasteiger partial charge is 0.494 e. The van der Waals surface area contributed by atoms with Gasteiger partial charge >= 0.3 is 11.9 Å². The van der Waals surface area contributed by atoms with E-state index < -0.39 is 163 Å². The molecule has 1 aliphatic heterocycles. The number of tetrazole rings is 1. The second-order valence-electron chi connectivity index (χ2n) is 27.6. The number of aromatic amines is 1. The molecule has 10 atom stereocenters. The number of rotatable bonds is 47. The summed E-state index contributed by atoms with van der Waals surface area (Å²) in [5.41, 5.74) is 11.8. The highest BCUT2D eigenvalue weighted by atomic mass is 19.1. The van der Waals surface area contributed by atoms with Crippen molar-refractivity contribution in [3.05, 3.63) is 140 Å². The molecule has 0 spiro atoms. The summed E-state index contributed by atoms with van der Waals surface area (Å²) in [6.07, 6.45) is -2.93. The molecule has 1 saturated heterocycles. The molecule has 0 unspecified atom stereocenters. The molecule has 1 aromatic heterocycles. The Labute approximate surface area is 649 Å². The number of azide groups is 1. The number of aliphatic hydroxyl groups is 3. The number of nitrogens with one attached hydrogen (secondary N) is 11. The Morgan fingerprint density at radius 1 is 0.699 bits per heavy atom. The van der Waals surface area contributed by atoms with Gasteiger partial charge in [-0.15, -0.1) is 10.2 Å². The Morgan fingerprint density at radius 3 is 1.98 bits per heavy atom. The van der Waals surface area contributed by atoms with Gasteiger partial charge in [0.15, 0.2) is 5.82 Å². The number of aromatic nitrogens is 4. The molecule has 113 heavy (non-hydrogen) atoms. The van der Waals surface area contributed by atoms with E-state index >= 15 is 4.39 Å². The van der Waals surface area contributed by atoms with Gasteiger partial charge in [-0.1, -0.05) is 95.1 Å². The van der Waals surface area contributed by atoms with E-state index in [1.807, 2.05) is 51.1 Å². The molecule has 5 aromatic rings. The number of carboxylic acid groups (broad SMARTS) is 2. The van der Waals surface area contributed by atoms with Crippen molar-refractivity contribution in [1.29, 1.82) is 0 Å². The van der Waals surface area contributed by atoms with Crippen LogP contribution in [0.5, 0.6) is 5.75 Å². The predicted octanol–water partition coefficient (Wildman–Crippen LogP) is -0.0782. The summed E-state index contributed by atoms with van der Waals surface area (Å²) >= 11 is 0. The molecule has 0 bridgehead atoms. The SMILES string of the molecule is CCc1cc(OCCCCN=[N+]=[N-])ccc1-c1ccc(C[C@H](NC(=O)[C@H](CC(=O)O)NC(=O)[C@H](CO)NC(=O)[C@@H](NC(=O)[C@](C)(Cc2ccccc2F)NC(=O)[C@@H](NC(=O)CNC(=O)[C@H](Cc2nn[nH]n2)NC(=O)CCNC(=O)CCN2CCCC2=O)[C@@H](C)O)[C@@H](C)O)C(=O)N[C@@H](CCCc2cc(C)cc(C)c2)C(=O)O)cc1. The summed E-state index contributed by atoms with van der Waals surface area (Å²) in [5, 5.41) is 93.2. The Hall–Kier alpha value is -12.0. The summed E-state index contributed by atoms with van der Waals surface area (Å²) in [7, 11) is 0. The van der Waals surface area contributed by atoms with Crippen LogP contribution in [0.2, 0.25) is 0 Å². The van der Waals surface area contributed by atoms with Gasteiger partial charge in [-0.3, -0.25) is 57.5 Å². The van der Waals surface area contributed by atoms with Gasteiger partial charge in [0.1, 0.15) is 59.4 Å². The number of unbranched alkanes of at least 4 members (excludes halogenated alkanes) is 1. The summed E-state index contributed by atoms with van der Waals surface area (Å²) in [6.45, 7) is 8.04. The first-order valence-corrected chi connectivity index (χ1v) is 36.9. The zero-order valence-corrected chi connectivity index (χ0v) is 63.6. The lowest BCUT2D eigenvalue weighted by Gasteiger charge is -2.34. The number of carbonyl (C=O) groups is 13. The molecule has 0 aliphatic carbocycles. The molecule has 1 aliphatic rings. The highest BCUT2D eigenvalue weighted by molar-refractivity contribution is 6.00. The van der Waals surface area contributed by atoms with Gasteiger partial charge in [0.25, 0.3) is 0 Å². The van der Waals surface area contributed by atoms with Gasteiger partial charge in [-0.2, -0.15) is 5.21 Å². The van der Waals surface area contributed by atoms with Crippen LogP contribution < -0.4 is 57.9 Å². The van der Waals surface area contributed by atoms with Crippen molar-refractivity contribution in [1.82, 2.24) is 78.7 Å². The number of likely N-dealkylation sites (tertiary alicyclic amines) is 1. The topological polar surface area (TPSA) is 559 Å². The van der Waals surface area contributed by atoms with E-state index in [-0.39, 0.29) is 62.5 Å². The third-order valence-corrected chi connectivity index (χ3v) is 18.3. The molecule has 11 amide bonds. The van der Waals surface area contributed by atoms with Crippen molar-refractivity contribution in [3.8, 4) is 16.9 Å². The van der Waals surface area contributed by atoms with Crippen LogP contribution in [0.15, 0.2) is 90.0 Å². The number of hydrogen-bond acceptors (Lipinski definition) is 21. The summed E-state index contributed by atoms with van der Waals surface area (Å²) in [5.74, 6) is -14.5. The maximum absolute atomic E-state index is 15.5. The average molecular weight is 1580 g/mol. The van der Waals surface area contributed by atoms with Gasteiger partial charge in [0, 0.05) is 69.6 Å². The number of ether oxygens (including phenoxy) is 1. The zero-order valence-electron chi connectivity index (χ0n) is 63.6. The number of halogens is 1. The van der Waals surface area contributed by atoms with Crippen LogP contribution in [0, 0.1) is 19.7 Å². The van der Waals surface area contributed by atoms with E-state index in [0.717, 1.165) is 60.2 Å². The van der Waals surface area contributed by atoms with Crippen LogP contribution in [0.3, 0.4) is 0 Å². The number of aliphatic hydroxyl groups excluding tert-OH is 3. The first-order chi connectivity index (χ1) is 53.8. The van der Waals surface area contributed by atoms with Crippen molar-refractivity contribution in [2.75, 3.05) is 45.9 Å². The van der Waals surface area contributed by atoms with Crippen molar-refractivity contribution < 1.29 is 97.0 Å². The molecule has 37 nitrogen and oxygen atoms in total. The van der Waals surface area contributed by atoms with Gasteiger partial charge < -0.3 is 88.3 Å². The van der Waals surface area contributed by atoms with Crippen LogP contribution in [-0.2, 0) is 94.4 Å². The van der Waals surface area contributed by atoms with Gasteiger partial charge in [-0.25, -0.2) is 9.18 Å². The standard InChI is InChI=1S/C75H99FN18O19/c1-7-48-36-51(113-31-11-10-27-80-91-77)23-24-52(48)49-21-19-46(20-22-49)35-55(68(105)82-54(73(110)111)17-12-14-47-33-42(2)32-43(3)34-47)83-69(106)57(38-64(102)103)84-70(107)58(41-95)85-71(108)65(44(4)96)87-74(112)75(6,39-50-15-8-9-16-53(50)76)88-72(109)66(45(5)97)86-62(100)40-79-67(104)56(37-59-89-92-93-90-59)81-61(99)25-28-78-60(98)26-30-94-29-13-18-63(94)101/h8-9,15-16,19-24,32-34,36,44-45,54-58,65-66,95-97H,7,10-14,17-18,25-31,35,37-41H2,1-6H3,(H,78,98)(H,79,104)(H,81,99)(H,82,105)(H,83,106)(H,84,107)(H,85,108)(H,86,100)(H,87,112)(H,88,109)(H,102,103)(H,110,111)(H,89,90,92,93)/t44-,45-,54+,55+,56+,57+,58+,65+,66+,75+/m1/s1. The van der Waals surface area contributed by atoms with Gasteiger partial charge in [-0.05, 0) is 137 Å². The fourth-order valence-electron chi connectivity index (χ4n) is 12.3. The minimum absolute atomic E-state index is 0.00625. The zero-order chi connectivity index (χ0) is 82.9. The lowest BCUT2D eigenvalue weighted by molar-refractivity contribution is -0.143. The summed E-state index contributed by atoms with van der Waals surface area (Å²) < 4.78 is 21.4. The molecular weight excluding hydrogens is 1480 g/mol. The van der Waals surface area contributed by atoms with E-state index in [9.17, 15) is 87.9 Å². The lowest BCUT2D eigenvalue weighted by Crippen LogP contribution is -2.67. The molecule has 38 heteroatoms. The molecule has 4 aromatic carbocycles. The van der Waals surface area contributed by atoms with E-state index in [1.54, 1.807) is 35.2 Å². The molecular formula is C75H99FN18O19.